The van der Waals surface area contributed by atoms with Crippen LogP contribution in [0.25, 0.3) is 0 Å². The summed E-state index contributed by atoms with van der Waals surface area (Å²) >= 11 is 0. The summed E-state index contributed by atoms with van der Waals surface area (Å²) in [5.74, 6) is 0.134. The molecule has 0 atom stereocenters. The van der Waals surface area contributed by atoms with Gasteiger partial charge in [-0.3, -0.25) is 9.67 Å². The second-order valence-electron chi connectivity index (χ2n) is 6.78. The molecule has 0 aliphatic carbocycles. The molecule has 0 amide bonds. The molecule has 8 heteroatoms. The van der Waals surface area contributed by atoms with E-state index in [-0.39, 0.29) is 0 Å². The Bertz CT molecular complexity index is 879. The first kappa shape index (κ1) is 17.5. The highest BCUT2D eigenvalue weighted by atomic mass is 19.1. The molecule has 140 valence electrons. The van der Waals surface area contributed by atoms with E-state index in [0.717, 1.165) is 49.7 Å². The molecule has 0 unspecified atom stereocenters. The highest BCUT2D eigenvalue weighted by Gasteiger charge is 2.20. The number of rotatable bonds is 6. The van der Waals surface area contributed by atoms with E-state index >= 15 is 0 Å². The smallest absolute Gasteiger partial charge is 0.225 e. The molecule has 0 aromatic carbocycles. The molecule has 0 N–H and O–H groups in total. The fourth-order valence-electron chi connectivity index (χ4n) is 3.25. The fraction of sp³-hybridized carbons (Fsp3) is 0.368. The molecular weight excluding hydrogens is 345 g/mol. The normalized spacial score (nSPS) is 13.8. The van der Waals surface area contributed by atoms with Crippen molar-refractivity contribution in [2.75, 3.05) is 25.0 Å². The van der Waals surface area contributed by atoms with Gasteiger partial charge in [0.25, 0.3) is 0 Å². The molecule has 7 nitrogen and oxygen atoms in total. The number of anilines is 1. The molecule has 0 saturated carbocycles. The summed E-state index contributed by atoms with van der Waals surface area (Å²) in [5, 5.41) is 4.72. The third-order valence-electron chi connectivity index (χ3n) is 4.65. The lowest BCUT2D eigenvalue weighted by Gasteiger charge is -2.27. The van der Waals surface area contributed by atoms with Gasteiger partial charge in [-0.2, -0.15) is 5.10 Å². The highest BCUT2D eigenvalue weighted by Crippen LogP contribution is 2.18. The molecule has 4 rings (SSSR count). The van der Waals surface area contributed by atoms with Crippen LogP contribution >= 0.6 is 0 Å². The summed E-state index contributed by atoms with van der Waals surface area (Å²) in [6, 6.07) is 8.13. The van der Waals surface area contributed by atoms with Crippen LogP contribution in [-0.2, 0) is 26.1 Å². The van der Waals surface area contributed by atoms with Gasteiger partial charge in [0, 0.05) is 37.9 Å². The first-order valence-electron chi connectivity index (χ1n) is 9.04. The molecule has 1 aliphatic heterocycles. The van der Waals surface area contributed by atoms with Crippen LogP contribution in [0.3, 0.4) is 0 Å². The van der Waals surface area contributed by atoms with Crippen LogP contribution in [0.4, 0.5) is 10.3 Å². The second-order valence-corrected chi connectivity index (χ2v) is 6.78. The molecule has 3 aromatic heterocycles. The van der Waals surface area contributed by atoms with Gasteiger partial charge < -0.3 is 9.80 Å². The Hall–Kier alpha value is -2.87. The van der Waals surface area contributed by atoms with Crippen molar-refractivity contribution in [3.05, 3.63) is 65.8 Å². The predicted octanol–water partition coefficient (Wildman–Crippen LogP) is 1.90. The van der Waals surface area contributed by atoms with Crippen LogP contribution in [0, 0.1) is 5.82 Å². The minimum atomic E-state index is -0.420. The van der Waals surface area contributed by atoms with Gasteiger partial charge in [-0.1, -0.05) is 6.07 Å². The van der Waals surface area contributed by atoms with E-state index in [2.05, 4.69) is 39.0 Å². The van der Waals surface area contributed by atoms with Crippen LogP contribution in [-0.4, -0.2) is 49.8 Å². The van der Waals surface area contributed by atoms with Crippen LogP contribution in [0.15, 0.2) is 42.9 Å². The number of pyridine rings is 1. The Morgan fingerprint density at radius 2 is 1.96 bits per heavy atom. The summed E-state index contributed by atoms with van der Waals surface area (Å²) in [6.45, 7) is 3.92. The number of hydrogen-bond donors (Lipinski definition) is 0. The van der Waals surface area contributed by atoms with Gasteiger partial charge in [-0.25, -0.2) is 14.4 Å². The Labute approximate surface area is 157 Å². The van der Waals surface area contributed by atoms with E-state index in [1.165, 1.54) is 12.4 Å². The quantitative estimate of drug-likeness (QED) is 0.663. The Morgan fingerprint density at radius 3 is 2.74 bits per heavy atom. The van der Waals surface area contributed by atoms with Crippen molar-refractivity contribution in [2.24, 2.45) is 0 Å². The van der Waals surface area contributed by atoms with Crippen molar-refractivity contribution in [2.45, 2.75) is 26.1 Å². The third kappa shape index (κ3) is 4.28. The SMILES string of the molecule is CN(CCc1ccccn1)Cc1cc2n(n1)CCN(c1ncc(F)cn1)C2. The molecule has 0 saturated heterocycles. The van der Waals surface area contributed by atoms with Crippen LogP contribution in [0.1, 0.15) is 17.1 Å². The third-order valence-corrected chi connectivity index (χ3v) is 4.65. The van der Waals surface area contributed by atoms with Crippen molar-refractivity contribution in [1.82, 2.24) is 29.6 Å². The van der Waals surface area contributed by atoms with Crippen LogP contribution in [0.2, 0.25) is 0 Å². The topological polar surface area (TPSA) is 63.0 Å². The van der Waals surface area contributed by atoms with E-state index < -0.39 is 5.82 Å². The minimum Gasteiger partial charge on any atom is -0.333 e. The zero-order valence-electron chi connectivity index (χ0n) is 15.3. The van der Waals surface area contributed by atoms with E-state index in [1.54, 1.807) is 0 Å². The van der Waals surface area contributed by atoms with Crippen LogP contribution < -0.4 is 4.90 Å². The monoisotopic (exact) mass is 367 g/mol. The molecule has 0 fully saturated rings. The fourth-order valence-corrected chi connectivity index (χ4v) is 3.25. The molecule has 0 bridgehead atoms. The van der Waals surface area contributed by atoms with E-state index in [9.17, 15) is 4.39 Å². The second kappa shape index (κ2) is 7.79. The standard InChI is InChI=1S/C19H22FN7/c1-25(7-5-16-4-2-3-6-21-16)13-17-10-18-14-26(8-9-27(18)24-17)19-22-11-15(20)12-23-19/h2-4,6,10-12H,5,7-9,13-14H2,1H3. The maximum absolute atomic E-state index is 13.0. The number of aromatic nitrogens is 5. The zero-order chi connectivity index (χ0) is 18.6. The van der Waals surface area contributed by atoms with Gasteiger partial charge in [-0.15, -0.1) is 0 Å². The zero-order valence-corrected chi connectivity index (χ0v) is 15.3. The summed E-state index contributed by atoms with van der Waals surface area (Å²) < 4.78 is 15.1. The summed E-state index contributed by atoms with van der Waals surface area (Å²) in [5.41, 5.74) is 3.28. The average Bonchev–Trinajstić information content (AvgIpc) is 3.09. The number of nitrogens with zero attached hydrogens (tertiary/aromatic N) is 7. The van der Waals surface area contributed by atoms with Crippen molar-refractivity contribution in [3.63, 3.8) is 0 Å². The molecule has 3 aromatic rings. The minimum absolute atomic E-state index is 0.420. The highest BCUT2D eigenvalue weighted by molar-refractivity contribution is 5.32. The van der Waals surface area contributed by atoms with E-state index in [4.69, 9.17) is 5.10 Å². The number of fused-ring (bicyclic) bond motifs is 1. The first-order valence-corrected chi connectivity index (χ1v) is 9.04. The number of likely N-dealkylation sites (N-methyl/N-ethyl adjacent to an activating group) is 1. The van der Waals surface area contributed by atoms with E-state index in [0.29, 0.717) is 12.5 Å². The van der Waals surface area contributed by atoms with Crippen molar-refractivity contribution in [1.29, 1.82) is 0 Å². The van der Waals surface area contributed by atoms with E-state index in [1.807, 2.05) is 27.9 Å². The van der Waals surface area contributed by atoms with Gasteiger partial charge in [0.2, 0.25) is 5.95 Å². The molecule has 1 aliphatic rings. The Kier molecular flexibility index (Phi) is 5.06. The average molecular weight is 367 g/mol. The molecular formula is C19H22FN7. The maximum Gasteiger partial charge on any atom is 0.225 e. The first-order chi connectivity index (χ1) is 13.2. The van der Waals surface area contributed by atoms with Gasteiger partial charge in [0.05, 0.1) is 36.9 Å². The van der Waals surface area contributed by atoms with Crippen molar-refractivity contribution < 1.29 is 4.39 Å². The maximum atomic E-state index is 13.0. The molecule has 0 spiro atoms. The summed E-state index contributed by atoms with van der Waals surface area (Å²) in [4.78, 5) is 16.8. The molecule has 0 radical (unpaired) electrons. The van der Waals surface area contributed by atoms with Gasteiger partial charge in [-0.05, 0) is 25.2 Å². The largest absolute Gasteiger partial charge is 0.333 e. The summed E-state index contributed by atoms with van der Waals surface area (Å²) in [7, 11) is 2.10. The van der Waals surface area contributed by atoms with Gasteiger partial charge >= 0.3 is 0 Å². The van der Waals surface area contributed by atoms with Gasteiger partial charge in [0.15, 0.2) is 5.82 Å². The Balaban J connectivity index is 1.36. The Morgan fingerprint density at radius 1 is 1.11 bits per heavy atom. The van der Waals surface area contributed by atoms with Crippen molar-refractivity contribution >= 4 is 5.95 Å². The molecule has 4 heterocycles. The van der Waals surface area contributed by atoms with Gasteiger partial charge in [0.1, 0.15) is 0 Å². The van der Waals surface area contributed by atoms with Crippen LogP contribution in [0.5, 0.6) is 0 Å². The summed E-state index contributed by atoms with van der Waals surface area (Å²) in [6.07, 6.45) is 5.16. The van der Waals surface area contributed by atoms with Crippen molar-refractivity contribution in [3.8, 4) is 0 Å². The molecule has 27 heavy (non-hydrogen) atoms. The lowest BCUT2D eigenvalue weighted by molar-refractivity contribution is 0.324. The lowest BCUT2D eigenvalue weighted by Crippen LogP contribution is -2.34. The predicted molar refractivity (Wildman–Crippen MR) is 99.5 cm³/mol. The number of hydrogen-bond acceptors (Lipinski definition) is 6. The number of halogens is 1. The lowest BCUT2D eigenvalue weighted by atomic mass is 10.2.